The van der Waals surface area contributed by atoms with Crippen LogP contribution in [0.25, 0.3) is 10.2 Å². The molecule has 3 nitrogen and oxygen atoms in total. The van der Waals surface area contributed by atoms with Crippen molar-refractivity contribution in [3.8, 4) is 0 Å². The second kappa shape index (κ2) is 5.63. The number of thiophene rings is 1. The SMILES string of the molecule is Cc1csc2c(N3CCCC3CCCCl)ncnc12. The molecule has 0 bridgehead atoms. The van der Waals surface area contributed by atoms with E-state index < -0.39 is 0 Å². The van der Waals surface area contributed by atoms with Gasteiger partial charge in [0, 0.05) is 18.5 Å². The van der Waals surface area contributed by atoms with Gasteiger partial charge in [0.2, 0.25) is 0 Å². The standard InChI is InChI=1S/C14H18ClN3S/c1-10-8-19-13-12(10)16-9-17-14(13)18-7-3-5-11(18)4-2-6-15/h8-9,11H,2-7H2,1H3. The van der Waals surface area contributed by atoms with E-state index in [0.29, 0.717) is 6.04 Å². The van der Waals surface area contributed by atoms with Crippen LogP contribution in [0.4, 0.5) is 5.82 Å². The number of fused-ring (bicyclic) bond motifs is 1. The summed E-state index contributed by atoms with van der Waals surface area (Å²) in [6, 6.07) is 0.597. The Bertz CT molecular complexity index is 569. The zero-order chi connectivity index (χ0) is 13.2. The van der Waals surface area contributed by atoms with Crippen LogP contribution in [0.15, 0.2) is 11.7 Å². The highest BCUT2D eigenvalue weighted by Crippen LogP contribution is 2.35. The highest BCUT2D eigenvalue weighted by atomic mass is 35.5. The quantitative estimate of drug-likeness (QED) is 0.799. The average Bonchev–Trinajstić information content (AvgIpc) is 3.03. The second-order valence-corrected chi connectivity index (χ2v) is 6.37. The van der Waals surface area contributed by atoms with Gasteiger partial charge in [-0.2, -0.15) is 0 Å². The van der Waals surface area contributed by atoms with Crippen LogP contribution in [0.5, 0.6) is 0 Å². The molecule has 0 aliphatic carbocycles. The predicted octanol–water partition coefficient (Wildman–Crippen LogP) is 3.99. The molecular weight excluding hydrogens is 278 g/mol. The summed E-state index contributed by atoms with van der Waals surface area (Å²) < 4.78 is 1.23. The lowest BCUT2D eigenvalue weighted by Crippen LogP contribution is -2.30. The molecule has 102 valence electrons. The minimum atomic E-state index is 0.597. The summed E-state index contributed by atoms with van der Waals surface area (Å²) in [6.07, 6.45) is 6.46. The Morgan fingerprint density at radius 3 is 3.21 bits per heavy atom. The average molecular weight is 296 g/mol. The lowest BCUT2D eigenvalue weighted by atomic mass is 10.1. The first kappa shape index (κ1) is 13.1. The van der Waals surface area contributed by atoms with Crippen LogP contribution in [0.2, 0.25) is 0 Å². The molecule has 1 fully saturated rings. The molecule has 3 rings (SSSR count). The summed E-state index contributed by atoms with van der Waals surface area (Å²) in [7, 11) is 0. The monoisotopic (exact) mass is 295 g/mol. The molecule has 0 saturated carbocycles. The van der Waals surface area contributed by atoms with Crippen LogP contribution >= 0.6 is 22.9 Å². The van der Waals surface area contributed by atoms with Crippen molar-refractivity contribution < 1.29 is 0 Å². The summed E-state index contributed by atoms with van der Waals surface area (Å²) in [5.74, 6) is 1.88. The van der Waals surface area contributed by atoms with E-state index in [1.807, 2.05) is 0 Å². The molecule has 0 radical (unpaired) electrons. The number of halogens is 1. The van der Waals surface area contributed by atoms with E-state index in [-0.39, 0.29) is 0 Å². The van der Waals surface area contributed by atoms with Crippen molar-refractivity contribution in [2.24, 2.45) is 0 Å². The highest BCUT2D eigenvalue weighted by Gasteiger charge is 2.27. The molecule has 0 aromatic carbocycles. The number of hydrogen-bond acceptors (Lipinski definition) is 4. The molecule has 2 aromatic rings. The van der Waals surface area contributed by atoms with Crippen molar-refractivity contribution in [3.05, 3.63) is 17.3 Å². The van der Waals surface area contributed by atoms with E-state index in [2.05, 4.69) is 27.2 Å². The fraction of sp³-hybridized carbons (Fsp3) is 0.571. The second-order valence-electron chi connectivity index (χ2n) is 5.11. The Morgan fingerprint density at radius 1 is 1.47 bits per heavy atom. The lowest BCUT2D eigenvalue weighted by Gasteiger charge is -2.25. The summed E-state index contributed by atoms with van der Waals surface area (Å²) >= 11 is 7.59. The van der Waals surface area contributed by atoms with E-state index in [9.17, 15) is 0 Å². The normalized spacial score (nSPS) is 19.5. The first-order valence-corrected chi connectivity index (χ1v) is 8.24. The van der Waals surface area contributed by atoms with Gasteiger partial charge in [-0.1, -0.05) is 0 Å². The van der Waals surface area contributed by atoms with Crippen molar-refractivity contribution in [1.82, 2.24) is 9.97 Å². The van der Waals surface area contributed by atoms with Crippen LogP contribution in [0.1, 0.15) is 31.2 Å². The van der Waals surface area contributed by atoms with Gasteiger partial charge in [0.15, 0.2) is 0 Å². The molecule has 0 spiro atoms. The fourth-order valence-electron chi connectivity index (χ4n) is 2.89. The van der Waals surface area contributed by atoms with Gasteiger partial charge in [-0.3, -0.25) is 0 Å². The molecule has 1 saturated heterocycles. The third-order valence-electron chi connectivity index (χ3n) is 3.83. The number of aromatic nitrogens is 2. The zero-order valence-corrected chi connectivity index (χ0v) is 12.7. The fourth-order valence-corrected chi connectivity index (χ4v) is 4.05. The Morgan fingerprint density at radius 2 is 2.37 bits per heavy atom. The Kier molecular flexibility index (Phi) is 3.89. The molecule has 1 aliphatic rings. The van der Waals surface area contributed by atoms with Crippen molar-refractivity contribution in [1.29, 1.82) is 0 Å². The Hall–Kier alpha value is -0.870. The van der Waals surface area contributed by atoms with Crippen LogP contribution < -0.4 is 4.90 Å². The first-order chi connectivity index (χ1) is 9.31. The van der Waals surface area contributed by atoms with E-state index in [1.54, 1.807) is 17.7 Å². The summed E-state index contributed by atoms with van der Waals surface area (Å²) in [5, 5.41) is 2.17. The maximum absolute atomic E-state index is 5.83. The third kappa shape index (κ3) is 2.43. The number of hydrogen-bond donors (Lipinski definition) is 0. The van der Waals surface area contributed by atoms with Gasteiger partial charge >= 0.3 is 0 Å². The topological polar surface area (TPSA) is 29.0 Å². The largest absolute Gasteiger partial charge is 0.352 e. The van der Waals surface area contributed by atoms with Gasteiger partial charge < -0.3 is 4.90 Å². The number of aryl methyl sites for hydroxylation is 1. The van der Waals surface area contributed by atoms with E-state index in [1.165, 1.54) is 29.5 Å². The number of nitrogens with zero attached hydrogens (tertiary/aromatic N) is 3. The molecule has 3 heterocycles. The zero-order valence-electron chi connectivity index (χ0n) is 11.1. The molecule has 0 N–H and O–H groups in total. The summed E-state index contributed by atoms with van der Waals surface area (Å²) in [5.41, 5.74) is 2.36. The maximum Gasteiger partial charge on any atom is 0.150 e. The molecular formula is C14H18ClN3S. The summed E-state index contributed by atoms with van der Waals surface area (Å²) in [4.78, 5) is 11.4. The van der Waals surface area contributed by atoms with E-state index in [0.717, 1.165) is 30.2 Å². The van der Waals surface area contributed by atoms with Gasteiger partial charge in [-0.05, 0) is 43.6 Å². The van der Waals surface area contributed by atoms with Gasteiger partial charge in [-0.25, -0.2) is 9.97 Å². The van der Waals surface area contributed by atoms with Crippen molar-refractivity contribution in [2.45, 2.75) is 38.6 Å². The van der Waals surface area contributed by atoms with Crippen molar-refractivity contribution in [3.63, 3.8) is 0 Å². The van der Waals surface area contributed by atoms with Gasteiger partial charge in [0.05, 0.1) is 10.2 Å². The third-order valence-corrected chi connectivity index (χ3v) is 5.18. The van der Waals surface area contributed by atoms with Crippen LogP contribution in [-0.2, 0) is 0 Å². The summed E-state index contributed by atoms with van der Waals surface area (Å²) in [6.45, 7) is 3.22. The van der Waals surface area contributed by atoms with Crippen molar-refractivity contribution in [2.75, 3.05) is 17.3 Å². The van der Waals surface area contributed by atoms with Crippen LogP contribution in [-0.4, -0.2) is 28.4 Å². The predicted molar refractivity (Wildman–Crippen MR) is 82.5 cm³/mol. The molecule has 19 heavy (non-hydrogen) atoms. The van der Waals surface area contributed by atoms with Crippen molar-refractivity contribution >= 4 is 39.0 Å². The molecule has 1 atom stereocenters. The molecule has 0 amide bonds. The molecule has 1 aliphatic heterocycles. The number of alkyl halides is 1. The molecule has 2 aromatic heterocycles. The number of rotatable bonds is 4. The van der Waals surface area contributed by atoms with Gasteiger partial charge in [-0.15, -0.1) is 22.9 Å². The maximum atomic E-state index is 5.83. The lowest BCUT2D eigenvalue weighted by molar-refractivity contribution is 0.599. The van der Waals surface area contributed by atoms with Crippen LogP contribution in [0.3, 0.4) is 0 Å². The molecule has 5 heteroatoms. The first-order valence-electron chi connectivity index (χ1n) is 6.82. The Labute approximate surface area is 122 Å². The Balaban J connectivity index is 1.94. The van der Waals surface area contributed by atoms with Gasteiger partial charge in [0.25, 0.3) is 0 Å². The minimum absolute atomic E-state index is 0.597. The smallest absolute Gasteiger partial charge is 0.150 e. The molecule has 1 unspecified atom stereocenters. The minimum Gasteiger partial charge on any atom is -0.352 e. The van der Waals surface area contributed by atoms with Gasteiger partial charge in [0.1, 0.15) is 12.1 Å². The van der Waals surface area contributed by atoms with E-state index in [4.69, 9.17) is 11.6 Å². The van der Waals surface area contributed by atoms with Crippen LogP contribution in [0, 0.1) is 6.92 Å². The number of anilines is 1. The van der Waals surface area contributed by atoms with E-state index >= 15 is 0 Å². The highest BCUT2D eigenvalue weighted by molar-refractivity contribution is 7.18.